The minimum Gasteiger partial charge on any atom is -0.263 e. The molecular formula is C22H17ClN2. The van der Waals surface area contributed by atoms with Gasteiger partial charge in [-0.3, -0.25) is 9.89 Å². The monoisotopic (exact) mass is 344 g/mol. The number of rotatable bonds is 3. The largest absolute Gasteiger partial charge is 0.263 e. The molecule has 0 saturated carbocycles. The van der Waals surface area contributed by atoms with Gasteiger partial charge in [0.15, 0.2) is 0 Å². The van der Waals surface area contributed by atoms with Crippen LogP contribution in [0.5, 0.6) is 0 Å². The van der Waals surface area contributed by atoms with Gasteiger partial charge in [0.05, 0.1) is 17.8 Å². The zero-order valence-electron chi connectivity index (χ0n) is 13.6. The highest BCUT2D eigenvalue weighted by atomic mass is 35.5. The fraction of sp³-hybridized carbons (Fsp3) is 0.136. The molecular weight excluding hydrogens is 328 g/mol. The van der Waals surface area contributed by atoms with E-state index in [0.29, 0.717) is 12.1 Å². The summed E-state index contributed by atoms with van der Waals surface area (Å²) in [6.45, 7) is 0. The van der Waals surface area contributed by atoms with Crippen LogP contribution in [-0.2, 0) is 0 Å². The molecule has 2 aliphatic heterocycles. The number of nitrogens with zero attached hydrogens (tertiary/aromatic N) is 2. The Kier molecular flexibility index (Phi) is 3.47. The van der Waals surface area contributed by atoms with Crippen LogP contribution in [0.3, 0.4) is 0 Å². The van der Waals surface area contributed by atoms with Crippen LogP contribution in [0.25, 0.3) is 0 Å². The predicted octanol–water partition coefficient (Wildman–Crippen LogP) is 5.27. The Hall–Kier alpha value is -2.42. The minimum atomic E-state index is 0.0580. The first kappa shape index (κ1) is 14.9. The molecule has 0 N–H and O–H groups in total. The standard InChI is InChI=1S/C22H17ClN2/c23-18-13-11-17(12-14-18)22-24-19(15-7-3-1-4-8-15)21-20(25(21)22)16-9-5-2-6-10-16/h1-14,20-22H/t20-,21+,22+,25?/m0/s1. The average Bonchev–Trinajstić information content (AvgIpc) is 3.28. The van der Waals surface area contributed by atoms with Crippen molar-refractivity contribution in [1.29, 1.82) is 0 Å². The summed E-state index contributed by atoms with van der Waals surface area (Å²) >= 11 is 6.06. The zero-order valence-corrected chi connectivity index (χ0v) is 14.3. The normalized spacial score (nSPS) is 26.8. The Bertz CT molecular complexity index is 919. The van der Waals surface area contributed by atoms with E-state index >= 15 is 0 Å². The first-order chi connectivity index (χ1) is 12.3. The predicted molar refractivity (Wildman–Crippen MR) is 102 cm³/mol. The van der Waals surface area contributed by atoms with E-state index in [4.69, 9.17) is 16.6 Å². The van der Waals surface area contributed by atoms with Crippen LogP contribution >= 0.6 is 11.6 Å². The lowest BCUT2D eigenvalue weighted by atomic mass is 10.0. The highest BCUT2D eigenvalue weighted by molar-refractivity contribution is 6.30. The fourth-order valence-electron chi connectivity index (χ4n) is 3.86. The van der Waals surface area contributed by atoms with Crippen LogP contribution in [0.4, 0.5) is 0 Å². The summed E-state index contributed by atoms with van der Waals surface area (Å²) in [5, 5.41) is 0.760. The van der Waals surface area contributed by atoms with Gasteiger partial charge >= 0.3 is 0 Å². The summed E-state index contributed by atoms with van der Waals surface area (Å²) in [6.07, 6.45) is 0.0580. The topological polar surface area (TPSA) is 15.4 Å². The van der Waals surface area contributed by atoms with Crippen molar-refractivity contribution in [2.45, 2.75) is 18.2 Å². The number of hydrogen-bond acceptors (Lipinski definition) is 2. The zero-order chi connectivity index (χ0) is 16.8. The van der Waals surface area contributed by atoms with Gasteiger partial charge in [-0.05, 0) is 28.8 Å². The average molecular weight is 345 g/mol. The molecule has 4 atom stereocenters. The molecule has 0 amide bonds. The summed E-state index contributed by atoms with van der Waals surface area (Å²) in [5.41, 5.74) is 4.95. The van der Waals surface area contributed by atoms with Gasteiger partial charge in [-0.1, -0.05) is 84.4 Å². The highest BCUT2D eigenvalue weighted by Gasteiger charge is 2.59. The van der Waals surface area contributed by atoms with Crippen molar-refractivity contribution >= 4 is 17.3 Å². The summed E-state index contributed by atoms with van der Waals surface area (Å²) in [7, 11) is 0. The van der Waals surface area contributed by atoms with Crippen LogP contribution in [0.1, 0.15) is 28.9 Å². The lowest BCUT2D eigenvalue weighted by Crippen LogP contribution is -2.08. The molecule has 2 aliphatic rings. The molecule has 1 unspecified atom stereocenters. The van der Waals surface area contributed by atoms with E-state index in [-0.39, 0.29) is 6.17 Å². The van der Waals surface area contributed by atoms with E-state index in [2.05, 4.69) is 77.7 Å². The lowest BCUT2D eigenvalue weighted by molar-refractivity contribution is 0.404. The lowest BCUT2D eigenvalue weighted by Gasteiger charge is -2.14. The van der Waals surface area contributed by atoms with Gasteiger partial charge in [0.25, 0.3) is 0 Å². The molecule has 0 aromatic heterocycles. The Morgan fingerprint density at radius 2 is 1.32 bits per heavy atom. The molecule has 1 fully saturated rings. The number of fused-ring (bicyclic) bond motifs is 1. The van der Waals surface area contributed by atoms with E-state index in [1.165, 1.54) is 22.4 Å². The third kappa shape index (κ3) is 2.50. The van der Waals surface area contributed by atoms with Crippen molar-refractivity contribution in [3.63, 3.8) is 0 Å². The Balaban J connectivity index is 1.57. The number of halogens is 1. The molecule has 5 rings (SSSR count). The highest BCUT2D eigenvalue weighted by Crippen LogP contribution is 2.55. The van der Waals surface area contributed by atoms with Gasteiger partial charge in [0.1, 0.15) is 6.17 Å². The van der Waals surface area contributed by atoms with Gasteiger partial charge in [0, 0.05) is 5.02 Å². The van der Waals surface area contributed by atoms with Gasteiger partial charge in [-0.25, -0.2) is 0 Å². The molecule has 3 aromatic rings. The van der Waals surface area contributed by atoms with Crippen LogP contribution in [0.15, 0.2) is 89.9 Å². The molecule has 0 bridgehead atoms. The van der Waals surface area contributed by atoms with Crippen LogP contribution in [0, 0.1) is 0 Å². The Morgan fingerprint density at radius 1 is 0.680 bits per heavy atom. The summed E-state index contributed by atoms with van der Waals surface area (Å²) < 4.78 is 0. The Morgan fingerprint density at radius 3 is 2.00 bits per heavy atom. The van der Waals surface area contributed by atoms with Gasteiger partial charge < -0.3 is 0 Å². The third-order valence-electron chi connectivity index (χ3n) is 5.05. The Labute approximate surface area is 152 Å². The molecule has 2 heterocycles. The van der Waals surface area contributed by atoms with Crippen molar-refractivity contribution in [2.24, 2.45) is 4.99 Å². The van der Waals surface area contributed by atoms with Crippen LogP contribution in [-0.4, -0.2) is 16.7 Å². The molecule has 25 heavy (non-hydrogen) atoms. The number of aliphatic imine (C=N–C) groups is 1. The second-order valence-corrected chi connectivity index (χ2v) is 6.99. The summed E-state index contributed by atoms with van der Waals surface area (Å²) in [5.74, 6) is 0. The molecule has 2 nitrogen and oxygen atoms in total. The van der Waals surface area contributed by atoms with Crippen molar-refractivity contribution in [3.8, 4) is 0 Å². The van der Waals surface area contributed by atoms with E-state index < -0.39 is 0 Å². The first-order valence-electron chi connectivity index (χ1n) is 8.54. The maximum absolute atomic E-state index is 6.06. The van der Waals surface area contributed by atoms with E-state index in [1.54, 1.807) is 0 Å². The second-order valence-electron chi connectivity index (χ2n) is 6.55. The fourth-order valence-corrected chi connectivity index (χ4v) is 3.98. The van der Waals surface area contributed by atoms with Gasteiger partial charge in [0.2, 0.25) is 0 Å². The molecule has 3 aromatic carbocycles. The van der Waals surface area contributed by atoms with E-state index in [0.717, 1.165) is 5.02 Å². The van der Waals surface area contributed by atoms with Gasteiger partial charge in [-0.15, -0.1) is 0 Å². The van der Waals surface area contributed by atoms with E-state index in [9.17, 15) is 0 Å². The van der Waals surface area contributed by atoms with Crippen LogP contribution in [0.2, 0.25) is 5.02 Å². The minimum absolute atomic E-state index is 0.0580. The van der Waals surface area contributed by atoms with Crippen molar-refractivity contribution in [1.82, 2.24) is 4.90 Å². The summed E-state index contributed by atoms with van der Waals surface area (Å²) in [6, 6.07) is 30.1. The van der Waals surface area contributed by atoms with Crippen molar-refractivity contribution < 1.29 is 0 Å². The SMILES string of the molecule is Clc1ccc([C@@H]2N=C(c3ccccc3)[C@@H]3[C@H](c4ccccc4)N32)cc1. The van der Waals surface area contributed by atoms with E-state index in [1.807, 2.05) is 12.1 Å². The molecule has 3 heteroatoms. The molecule has 0 radical (unpaired) electrons. The number of benzene rings is 3. The van der Waals surface area contributed by atoms with Gasteiger partial charge in [-0.2, -0.15) is 0 Å². The molecule has 0 spiro atoms. The quantitative estimate of drug-likeness (QED) is 0.591. The first-order valence-corrected chi connectivity index (χ1v) is 8.92. The second kappa shape index (κ2) is 5.83. The number of hydrogen-bond donors (Lipinski definition) is 0. The van der Waals surface area contributed by atoms with Crippen LogP contribution < -0.4 is 0 Å². The maximum Gasteiger partial charge on any atom is 0.129 e. The molecule has 1 saturated heterocycles. The molecule has 122 valence electrons. The van der Waals surface area contributed by atoms with Crippen molar-refractivity contribution in [3.05, 3.63) is 107 Å². The third-order valence-corrected chi connectivity index (χ3v) is 5.31. The molecule has 0 aliphatic carbocycles. The smallest absolute Gasteiger partial charge is 0.129 e. The maximum atomic E-state index is 6.06. The summed E-state index contributed by atoms with van der Waals surface area (Å²) in [4.78, 5) is 7.55. The van der Waals surface area contributed by atoms with Crippen molar-refractivity contribution in [2.75, 3.05) is 0 Å².